The van der Waals surface area contributed by atoms with Gasteiger partial charge in [0.15, 0.2) is 5.58 Å². The largest absolute Gasteiger partial charge is 0.494 e. The van der Waals surface area contributed by atoms with E-state index in [-0.39, 0.29) is 24.5 Å². The molecule has 6 heteroatoms. The Morgan fingerprint density at radius 3 is 2.70 bits per heavy atom. The highest BCUT2D eigenvalue weighted by Gasteiger charge is 2.38. The standard InChI is InChI=1S/C14H18BNO4/c1-9(2)16-11-7-10(5-6-12(11)19-13(16)17)15-18-8-14(3,4)20-15/h5-7,9H,8H2,1-4H3. The topological polar surface area (TPSA) is 53.6 Å². The van der Waals surface area contributed by atoms with Crippen molar-refractivity contribution in [3.8, 4) is 0 Å². The lowest BCUT2D eigenvalue weighted by Gasteiger charge is -2.15. The molecule has 0 spiro atoms. The van der Waals surface area contributed by atoms with E-state index < -0.39 is 0 Å². The lowest BCUT2D eigenvalue weighted by atomic mass is 9.79. The van der Waals surface area contributed by atoms with Gasteiger partial charge >= 0.3 is 12.9 Å². The van der Waals surface area contributed by atoms with Gasteiger partial charge in [-0.1, -0.05) is 6.07 Å². The second-order valence-electron chi connectivity index (χ2n) is 6.08. The number of oxazole rings is 1. The molecule has 1 aromatic carbocycles. The number of aromatic nitrogens is 1. The molecule has 0 aliphatic carbocycles. The number of hydrogen-bond acceptors (Lipinski definition) is 4. The van der Waals surface area contributed by atoms with Gasteiger partial charge in [-0.05, 0) is 45.3 Å². The molecule has 0 unspecified atom stereocenters. The third-order valence-corrected chi connectivity index (χ3v) is 3.43. The molecule has 2 aromatic rings. The second kappa shape index (κ2) is 4.50. The number of nitrogens with zero attached hydrogens (tertiary/aromatic N) is 1. The molecule has 0 atom stereocenters. The number of benzene rings is 1. The highest BCUT2D eigenvalue weighted by molar-refractivity contribution is 6.62. The molecule has 3 rings (SSSR count). The Bertz CT molecular complexity index is 701. The molecule has 0 radical (unpaired) electrons. The average molecular weight is 275 g/mol. The maximum atomic E-state index is 11.8. The van der Waals surface area contributed by atoms with Crippen LogP contribution in [0.1, 0.15) is 33.7 Å². The van der Waals surface area contributed by atoms with E-state index in [4.69, 9.17) is 13.7 Å². The fourth-order valence-corrected chi connectivity index (χ4v) is 2.48. The van der Waals surface area contributed by atoms with E-state index in [9.17, 15) is 4.79 Å². The summed E-state index contributed by atoms with van der Waals surface area (Å²) in [5, 5.41) is 0. The van der Waals surface area contributed by atoms with Gasteiger partial charge in [-0.25, -0.2) is 4.79 Å². The predicted molar refractivity (Wildman–Crippen MR) is 77.4 cm³/mol. The average Bonchev–Trinajstić information content (AvgIpc) is 2.87. The number of fused-ring (bicyclic) bond motifs is 1. The second-order valence-corrected chi connectivity index (χ2v) is 6.08. The summed E-state index contributed by atoms with van der Waals surface area (Å²) in [5.41, 5.74) is 1.98. The van der Waals surface area contributed by atoms with Crippen molar-refractivity contribution in [2.75, 3.05) is 6.61 Å². The van der Waals surface area contributed by atoms with Crippen LogP contribution < -0.4 is 11.2 Å². The van der Waals surface area contributed by atoms with Crippen LogP contribution >= 0.6 is 0 Å². The van der Waals surface area contributed by atoms with E-state index in [0.29, 0.717) is 12.2 Å². The lowest BCUT2D eigenvalue weighted by Crippen LogP contribution is -2.34. The Balaban J connectivity index is 2.06. The van der Waals surface area contributed by atoms with Gasteiger partial charge in [-0.2, -0.15) is 0 Å². The molecule has 0 N–H and O–H groups in total. The summed E-state index contributed by atoms with van der Waals surface area (Å²) >= 11 is 0. The van der Waals surface area contributed by atoms with Gasteiger partial charge in [0.1, 0.15) is 0 Å². The minimum Gasteiger partial charge on any atom is -0.408 e. The molecule has 106 valence electrons. The summed E-state index contributed by atoms with van der Waals surface area (Å²) < 4.78 is 18.4. The minimum atomic E-state index is -0.389. The first kappa shape index (κ1) is 13.5. The van der Waals surface area contributed by atoms with Crippen LogP contribution in [0.4, 0.5) is 0 Å². The maximum Gasteiger partial charge on any atom is 0.494 e. The molecule has 0 saturated carbocycles. The fourth-order valence-electron chi connectivity index (χ4n) is 2.48. The smallest absolute Gasteiger partial charge is 0.408 e. The van der Waals surface area contributed by atoms with Crippen molar-refractivity contribution in [2.45, 2.75) is 39.3 Å². The molecule has 1 fully saturated rings. The summed E-state index contributed by atoms with van der Waals surface area (Å²) in [4.78, 5) is 11.8. The zero-order valence-electron chi connectivity index (χ0n) is 12.2. The Hall–Kier alpha value is -1.53. The molecule has 1 aromatic heterocycles. The molecule has 20 heavy (non-hydrogen) atoms. The predicted octanol–water partition coefficient (Wildman–Crippen LogP) is 1.70. The van der Waals surface area contributed by atoms with Gasteiger partial charge in [-0.3, -0.25) is 4.57 Å². The van der Waals surface area contributed by atoms with E-state index in [1.165, 1.54) is 0 Å². The lowest BCUT2D eigenvalue weighted by molar-refractivity contribution is 0.137. The highest BCUT2D eigenvalue weighted by Crippen LogP contribution is 2.21. The van der Waals surface area contributed by atoms with Crippen LogP contribution in [0.5, 0.6) is 0 Å². The molecule has 1 aliphatic rings. The number of rotatable bonds is 2. The van der Waals surface area contributed by atoms with E-state index in [1.807, 2.05) is 39.8 Å². The Morgan fingerprint density at radius 1 is 1.35 bits per heavy atom. The van der Waals surface area contributed by atoms with Crippen molar-refractivity contribution in [3.05, 3.63) is 28.7 Å². The van der Waals surface area contributed by atoms with Crippen LogP contribution in [-0.4, -0.2) is 23.9 Å². The Morgan fingerprint density at radius 2 is 2.10 bits per heavy atom. The van der Waals surface area contributed by atoms with Crippen LogP contribution in [0.3, 0.4) is 0 Å². The normalized spacial score (nSPS) is 18.4. The van der Waals surface area contributed by atoms with Crippen LogP contribution in [0.25, 0.3) is 11.1 Å². The SMILES string of the molecule is CC(C)n1c(=O)oc2ccc(B3OCC(C)(C)O3)cc21. The van der Waals surface area contributed by atoms with E-state index in [2.05, 4.69) is 0 Å². The van der Waals surface area contributed by atoms with E-state index in [1.54, 1.807) is 10.6 Å². The van der Waals surface area contributed by atoms with Crippen molar-refractivity contribution < 1.29 is 13.7 Å². The van der Waals surface area contributed by atoms with Gasteiger partial charge in [0, 0.05) is 6.04 Å². The van der Waals surface area contributed by atoms with Crippen LogP contribution in [0.15, 0.2) is 27.4 Å². The quantitative estimate of drug-likeness (QED) is 0.783. The highest BCUT2D eigenvalue weighted by atomic mass is 16.7. The van der Waals surface area contributed by atoms with Crippen LogP contribution in [0.2, 0.25) is 0 Å². The molecular weight excluding hydrogens is 257 g/mol. The van der Waals surface area contributed by atoms with Crippen molar-refractivity contribution in [2.24, 2.45) is 0 Å². The molecule has 2 heterocycles. The summed E-state index contributed by atoms with van der Waals surface area (Å²) in [7, 11) is -0.389. The van der Waals surface area contributed by atoms with Gasteiger partial charge in [0.2, 0.25) is 0 Å². The van der Waals surface area contributed by atoms with Crippen LogP contribution in [0, 0.1) is 0 Å². The molecule has 5 nitrogen and oxygen atoms in total. The molecule has 0 bridgehead atoms. The summed E-state index contributed by atoms with van der Waals surface area (Å²) in [6, 6.07) is 5.62. The first-order valence-corrected chi connectivity index (χ1v) is 6.82. The van der Waals surface area contributed by atoms with Gasteiger partial charge in [0.25, 0.3) is 0 Å². The monoisotopic (exact) mass is 275 g/mol. The van der Waals surface area contributed by atoms with Crippen molar-refractivity contribution in [1.82, 2.24) is 4.57 Å². The van der Waals surface area contributed by atoms with Crippen molar-refractivity contribution in [3.63, 3.8) is 0 Å². The van der Waals surface area contributed by atoms with Crippen molar-refractivity contribution >= 4 is 23.7 Å². The summed E-state index contributed by atoms with van der Waals surface area (Å²) in [6.07, 6.45) is 0. The summed E-state index contributed by atoms with van der Waals surface area (Å²) in [5.74, 6) is -0.333. The molecule has 0 amide bonds. The molecule has 1 saturated heterocycles. The van der Waals surface area contributed by atoms with Crippen molar-refractivity contribution in [1.29, 1.82) is 0 Å². The minimum absolute atomic E-state index is 0.0425. The van der Waals surface area contributed by atoms with Gasteiger partial charge in [0.05, 0.1) is 17.7 Å². The first-order valence-electron chi connectivity index (χ1n) is 6.82. The zero-order chi connectivity index (χ0) is 14.5. The molecule has 1 aliphatic heterocycles. The van der Waals surface area contributed by atoms with Gasteiger partial charge in [-0.15, -0.1) is 0 Å². The fraction of sp³-hybridized carbons (Fsp3) is 0.500. The third-order valence-electron chi connectivity index (χ3n) is 3.43. The third kappa shape index (κ3) is 2.19. The van der Waals surface area contributed by atoms with E-state index in [0.717, 1.165) is 11.0 Å². The maximum absolute atomic E-state index is 11.8. The Labute approximate surface area is 117 Å². The zero-order valence-corrected chi connectivity index (χ0v) is 12.2. The van der Waals surface area contributed by atoms with E-state index >= 15 is 0 Å². The Kier molecular flexibility index (Phi) is 3.03. The first-order chi connectivity index (χ1) is 9.37. The molecular formula is C14H18BNO4. The van der Waals surface area contributed by atoms with Crippen LogP contribution in [-0.2, 0) is 9.31 Å². The number of hydrogen-bond donors (Lipinski definition) is 0. The summed E-state index contributed by atoms with van der Waals surface area (Å²) in [6.45, 7) is 8.45. The van der Waals surface area contributed by atoms with Gasteiger partial charge < -0.3 is 13.7 Å².